The maximum Gasteiger partial charge on any atom is 0.139 e. The molecule has 0 unspecified atom stereocenters. The van der Waals surface area contributed by atoms with Crippen LogP contribution < -0.4 is 19.5 Å². The van der Waals surface area contributed by atoms with E-state index in [-0.39, 0.29) is 0 Å². The van der Waals surface area contributed by atoms with Gasteiger partial charge in [-0.2, -0.15) is 0 Å². The van der Waals surface area contributed by atoms with Gasteiger partial charge in [-0.1, -0.05) is 12.1 Å². The van der Waals surface area contributed by atoms with Crippen LogP contribution >= 0.6 is 11.3 Å². The summed E-state index contributed by atoms with van der Waals surface area (Å²) in [5.74, 6) is 3.15. The summed E-state index contributed by atoms with van der Waals surface area (Å²) in [6, 6.07) is 13.8. The lowest BCUT2D eigenvalue weighted by Crippen LogP contribution is -2.04. The maximum atomic E-state index is 5.50. The van der Waals surface area contributed by atoms with Crippen molar-refractivity contribution < 1.29 is 14.2 Å². The summed E-state index contributed by atoms with van der Waals surface area (Å²) in [6.45, 7) is 0.567. The fraction of sp³-hybridized carbons (Fsp3) is 0.182. The monoisotopic (exact) mass is 407 g/mol. The topological polar surface area (TPSA) is 65.5 Å². The second-order valence-corrected chi connectivity index (χ2v) is 7.17. The number of thiophene rings is 1. The highest BCUT2D eigenvalue weighted by atomic mass is 32.1. The van der Waals surface area contributed by atoms with Gasteiger partial charge in [-0.3, -0.25) is 0 Å². The van der Waals surface area contributed by atoms with Gasteiger partial charge < -0.3 is 19.5 Å². The van der Waals surface area contributed by atoms with Gasteiger partial charge in [0.05, 0.1) is 26.7 Å². The normalized spacial score (nSPS) is 10.7. The van der Waals surface area contributed by atoms with E-state index in [0.717, 1.165) is 50.0 Å². The molecule has 4 rings (SSSR count). The zero-order chi connectivity index (χ0) is 20.2. The predicted octanol–water partition coefficient (Wildman–Crippen LogP) is 5.00. The summed E-state index contributed by atoms with van der Waals surface area (Å²) in [5.41, 5.74) is 3.20. The molecule has 29 heavy (non-hydrogen) atoms. The number of methoxy groups -OCH3 is 3. The quantitative estimate of drug-likeness (QED) is 0.465. The van der Waals surface area contributed by atoms with Crippen LogP contribution in [0.3, 0.4) is 0 Å². The molecular formula is C22H21N3O3S. The molecule has 7 heteroatoms. The number of nitrogens with zero attached hydrogens (tertiary/aromatic N) is 2. The lowest BCUT2D eigenvalue weighted by Gasteiger charge is -2.12. The van der Waals surface area contributed by atoms with Gasteiger partial charge in [0, 0.05) is 29.1 Å². The van der Waals surface area contributed by atoms with Crippen molar-refractivity contribution in [3.05, 3.63) is 59.7 Å². The van der Waals surface area contributed by atoms with E-state index in [4.69, 9.17) is 14.2 Å². The summed E-state index contributed by atoms with van der Waals surface area (Å²) in [6.07, 6.45) is 1.59. The highest BCUT2D eigenvalue weighted by Gasteiger charge is 2.14. The second-order valence-electron chi connectivity index (χ2n) is 6.31. The second kappa shape index (κ2) is 8.36. The Hall–Kier alpha value is -3.32. The van der Waals surface area contributed by atoms with Crippen molar-refractivity contribution in [1.82, 2.24) is 9.97 Å². The molecule has 0 atom stereocenters. The van der Waals surface area contributed by atoms with Gasteiger partial charge in [-0.25, -0.2) is 9.97 Å². The molecule has 0 saturated carbocycles. The van der Waals surface area contributed by atoms with E-state index in [1.54, 1.807) is 39.0 Å². The summed E-state index contributed by atoms with van der Waals surface area (Å²) in [5, 5.41) is 6.57. The van der Waals surface area contributed by atoms with Gasteiger partial charge in [-0.05, 0) is 29.8 Å². The minimum absolute atomic E-state index is 0.567. The van der Waals surface area contributed by atoms with Crippen molar-refractivity contribution >= 4 is 27.4 Å². The molecule has 0 bridgehead atoms. The van der Waals surface area contributed by atoms with Gasteiger partial charge in [0.1, 0.15) is 34.2 Å². The Balaban J connectivity index is 1.67. The van der Waals surface area contributed by atoms with Crippen molar-refractivity contribution in [2.45, 2.75) is 6.54 Å². The average Bonchev–Trinajstić information content (AvgIpc) is 3.22. The molecular weight excluding hydrogens is 386 g/mol. The standard InChI is InChI=1S/C22H21N3O3S/c1-26-16-7-4-14(5-8-16)18-12-29-22-20(18)21(24-13-25-22)23-11-15-6-9-17(27-2)10-19(15)28-3/h4-10,12-13H,11H2,1-3H3,(H,23,24,25). The largest absolute Gasteiger partial charge is 0.497 e. The number of benzene rings is 2. The van der Waals surface area contributed by atoms with Crippen molar-refractivity contribution in [3.8, 4) is 28.4 Å². The zero-order valence-corrected chi connectivity index (χ0v) is 17.2. The van der Waals surface area contributed by atoms with Gasteiger partial charge in [0.2, 0.25) is 0 Å². The summed E-state index contributed by atoms with van der Waals surface area (Å²) in [4.78, 5) is 9.87. The molecule has 0 spiro atoms. The number of anilines is 1. The smallest absolute Gasteiger partial charge is 0.139 e. The number of hydrogen-bond donors (Lipinski definition) is 1. The molecule has 0 saturated heterocycles. The number of aromatic nitrogens is 2. The third-order valence-electron chi connectivity index (χ3n) is 4.71. The molecule has 6 nitrogen and oxygen atoms in total. The number of nitrogens with one attached hydrogen (secondary N) is 1. The minimum atomic E-state index is 0.567. The first-order valence-corrected chi connectivity index (χ1v) is 9.93. The Morgan fingerprint density at radius 1 is 0.897 bits per heavy atom. The van der Waals surface area contributed by atoms with Crippen molar-refractivity contribution in [3.63, 3.8) is 0 Å². The summed E-state index contributed by atoms with van der Waals surface area (Å²) >= 11 is 1.60. The van der Waals surface area contributed by atoms with Crippen LogP contribution in [-0.4, -0.2) is 31.3 Å². The predicted molar refractivity (Wildman–Crippen MR) is 116 cm³/mol. The van der Waals surface area contributed by atoms with E-state index in [1.165, 1.54) is 0 Å². The third-order valence-corrected chi connectivity index (χ3v) is 5.60. The van der Waals surface area contributed by atoms with Crippen LogP contribution in [0.5, 0.6) is 17.2 Å². The average molecular weight is 407 g/mol. The van der Waals surface area contributed by atoms with E-state index in [1.807, 2.05) is 42.5 Å². The first-order chi connectivity index (χ1) is 14.2. The Morgan fingerprint density at radius 2 is 1.66 bits per heavy atom. The van der Waals surface area contributed by atoms with Crippen LogP contribution in [0.1, 0.15) is 5.56 Å². The Bertz CT molecular complexity index is 1130. The van der Waals surface area contributed by atoms with Crippen molar-refractivity contribution in [1.29, 1.82) is 0 Å². The first kappa shape index (κ1) is 19.0. The Labute approximate surface area is 173 Å². The molecule has 2 aromatic heterocycles. The molecule has 0 fully saturated rings. The minimum Gasteiger partial charge on any atom is -0.497 e. The van der Waals surface area contributed by atoms with Crippen molar-refractivity contribution in [2.75, 3.05) is 26.6 Å². The van der Waals surface area contributed by atoms with Crippen LogP contribution in [0.15, 0.2) is 54.2 Å². The molecule has 148 valence electrons. The summed E-state index contributed by atoms with van der Waals surface area (Å²) in [7, 11) is 4.96. The van der Waals surface area contributed by atoms with Gasteiger partial charge in [0.25, 0.3) is 0 Å². The molecule has 1 N–H and O–H groups in total. The van der Waals surface area contributed by atoms with Crippen molar-refractivity contribution in [2.24, 2.45) is 0 Å². The zero-order valence-electron chi connectivity index (χ0n) is 16.4. The van der Waals surface area contributed by atoms with Crippen LogP contribution in [0, 0.1) is 0 Å². The van der Waals surface area contributed by atoms with Crippen LogP contribution in [-0.2, 0) is 6.54 Å². The van der Waals surface area contributed by atoms with Gasteiger partial charge >= 0.3 is 0 Å². The number of ether oxygens (including phenoxy) is 3. The van der Waals surface area contributed by atoms with E-state index in [9.17, 15) is 0 Å². The molecule has 0 aliphatic heterocycles. The number of rotatable bonds is 7. The SMILES string of the molecule is COc1ccc(-c2csc3ncnc(NCc4ccc(OC)cc4OC)c23)cc1. The molecule has 0 aliphatic carbocycles. The van der Waals surface area contributed by atoms with Crippen LogP contribution in [0.25, 0.3) is 21.3 Å². The summed E-state index contributed by atoms with van der Waals surface area (Å²) < 4.78 is 16.0. The molecule has 0 amide bonds. The Kier molecular flexibility index (Phi) is 5.48. The molecule has 0 radical (unpaired) electrons. The lowest BCUT2D eigenvalue weighted by atomic mass is 10.1. The highest BCUT2D eigenvalue weighted by Crippen LogP contribution is 2.37. The van der Waals surface area contributed by atoms with E-state index in [2.05, 4.69) is 20.7 Å². The van der Waals surface area contributed by atoms with E-state index >= 15 is 0 Å². The van der Waals surface area contributed by atoms with E-state index in [0.29, 0.717) is 6.54 Å². The number of hydrogen-bond acceptors (Lipinski definition) is 7. The molecule has 4 aromatic rings. The fourth-order valence-corrected chi connectivity index (χ4v) is 4.08. The number of fused-ring (bicyclic) bond motifs is 1. The fourth-order valence-electron chi connectivity index (χ4n) is 3.17. The lowest BCUT2D eigenvalue weighted by molar-refractivity contribution is 0.391. The third kappa shape index (κ3) is 3.82. The molecule has 2 heterocycles. The van der Waals surface area contributed by atoms with Gasteiger partial charge in [-0.15, -0.1) is 11.3 Å². The molecule has 0 aliphatic rings. The highest BCUT2D eigenvalue weighted by molar-refractivity contribution is 7.17. The Morgan fingerprint density at radius 3 is 2.38 bits per heavy atom. The maximum absolute atomic E-state index is 5.50. The molecule has 2 aromatic carbocycles. The van der Waals surface area contributed by atoms with E-state index < -0.39 is 0 Å². The first-order valence-electron chi connectivity index (χ1n) is 9.05. The van der Waals surface area contributed by atoms with Gasteiger partial charge in [0.15, 0.2) is 0 Å². The van der Waals surface area contributed by atoms with Crippen LogP contribution in [0.2, 0.25) is 0 Å². The van der Waals surface area contributed by atoms with Crippen LogP contribution in [0.4, 0.5) is 5.82 Å².